The van der Waals surface area contributed by atoms with Crippen molar-refractivity contribution in [3.05, 3.63) is 29.8 Å². The largest absolute Gasteiger partial charge is 0.482 e. The van der Waals surface area contributed by atoms with Crippen LogP contribution in [0.15, 0.2) is 24.3 Å². The van der Waals surface area contributed by atoms with Crippen molar-refractivity contribution >= 4 is 5.97 Å². The van der Waals surface area contributed by atoms with Crippen molar-refractivity contribution in [2.24, 2.45) is 0 Å². The molecule has 0 saturated carbocycles. The SMILES string of the molecule is COC(=O)COc1ccc(C(C)(C)C)cc1. The van der Waals surface area contributed by atoms with Gasteiger partial charge in [0.15, 0.2) is 6.61 Å². The van der Waals surface area contributed by atoms with E-state index in [1.807, 2.05) is 24.3 Å². The molecule has 3 nitrogen and oxygen atoms in total. The summed E-state index contributed by atoms with van der Waals surface area (Å²) in [5, 5.41) is 0. The molecule has 88 valence electrons. The summed E-state index contributed by atoms with van der Waals surface area (Å²) < 4.78 is 9.74. The predicted molar refractivity (Wildman–Crippen MR) is 62.7 cm³/mol. The average molecular weight is 222 g/mol. The Kier molecular flexibility index (Phi) is 3.93. The molecular formula is C13H18O3. The molecule has 0 N–H and O–H groups in total. The van der Waals surface area contributed by atoms with Crippen molar-refractivity contribution in [1.29, 1.82) is 0 Å². The van der Waals surface area contributed by atoms with Crippen molar-refractivity contribution in [3.8, 4) is 5.75 Å². The van der Waals surface area contributed by atoms with E-state index in [2.05, 4.69) is 25.5 Å². The molecule has 0 spiro atoms. The summed E-state index contributed by atoms with van der Waals surface area (Å²) in [5.41, 5.74) is 1.36. The highest BCUT2D eigenvalue weighted by Gasteiger charge is 2.13. The van der Waals surface area contributed by atoms with Crippen LogP contribution < -0.4 is 4.74 Å². The van der Waals surface area contributed by atoms with E-state index in [-0.39, 0.29) is 18.0 Å². The van der Waals surface area contributed by atoms with Crippen LogP contribution in [-0.2, 0) is 14.9 Å². The summed E-state index contributed by atoms with van der Waals surface area (Å²) in [6.07, 6.45) is 0. The molecule has 0 amide bonds. The predicted octanol–water partition coefficient (Wildman–Crippen LogP) is 2.54. The third-order valence-electron chi connectivity index (χ3n) is 2.30. The van der Waals surface area contributed by atoms with Gasteiger partial charge in [-0.25, -0.2) is 4.79 Å². The Morgan fingerprint density at radius 2 is 1.75 bits per heavy atom. The van der Waals surface area contributed by atoms with Crippen molar-refractivity contribution in [3.63, 3.8) is 0 Å². The van der Waals surface area contributed by atoms with Crippen LogP contribution in [0.5, 0.6) is 5.75 Å². The highest BCUT2D eigenvalue weighted by molar-refractivity contribution is 5.70. The van der Waals surface area contributed by atoms with Gasteiger partial charge < -0.3 is 9.47 Å². The molecule has 0 saturated heterocycles. The van der Waals surface area contributed by atoms with E-state index in [1.54, 1.807) is 0 Å². The first-order valence-electron chi connectivity index (χ1n) is 5.23. The third kappa shape index (κ3) is 3.57. The van der Waals surface area contributed by atoms with Gasteiger partial charge in [-0.1, -0.05) is 32.9 Å². The maximum atomic E-state index is 10.9. The summed E-state index contributed by atoms with van der Waals surface area (Å²) in [5.74, 6) is 0.304. The maximum absolute atomic E-state index is 10.9. The number of benzene rings is 1. The van der Waals surface area contributed by atoms with E-state index < -0.39 is 0 Å². The highest BCUT2D eigenvalue weighted by atomic mass is 16.6. The number of rotatable bonds is 3. The molecule has 0 aromatic heterocycles. The first kappa shape index (κ1) is 12.6. The van der Waals surface area contributed by atoms with Gasteiger partial charge in [-0.2, -0.15) is 0 Å². The Balaban J connectivity index is 2.62. The monoisotopic (exact) mass is 222 g/mol. The third-order valence-corrected chi connectivity index (χ3v) is 2.30. The van der Waals surface area contributed by atoms with E-state index in [9.17, 15) is 4.79 Å². The minimum Gasteiger partial charge on any atom is -0.482 e. The smallest absolute Gasteiger partial charge is 0.343 e. The second-order valence-corrected chi connectivity index (χ2v) is 4.64. The fourth-order valence-electron chi connectivity index (χ4n) is 1.25. The van der Waals surface area contributed by atoms with E-state index in [0.717, 1.165) is 0 Å². The Morgan fingerprint density at radius 3 is 2.19 bits per heavy atom. The van der Waals surface area contributed by atoms with Crippen LogP contribution in [0.25, 0.3) is 0 Å². The van der Waals surface area contributed by atoms with Gasteiger partial charge >= 0.3 is 5.97 Å². The van der Waals surface area contributed by atoms with Crippen LogP contribution in [0.2, 0.25) is 0 Å². The molecule has 1 aromatic rings. The van der Waals surface area contributed by atoms with Crippen LogP contribution in [0.3, 0.4) is 0 Å². The van der Waals surface area contributed by atoms with Gasteiger partial charge in [0.25, 0.3) is 0 Å². The number of carbonyl (C=O) groups is 1. The number of ether oxygens (including phenoxy) is 2. The van der Waals surface area contributed by atoms with Crippen LogP contribution in [0.4, 0.5) is 0 Å². The molecule has 0 aliphatic heterocycles. The molecule has 1 rings (SSSR count). The summed E-state index contributed by atoms with van der Waals surface area (Å²) in [4.78, 5) is 10.9. The molecule has 0 fully saturated rings. The summed E-state index contributed by atoms with van der Waals surface area (Å²) in [7, 11) is 1.34. The second-order valence-electron chi connectivity index (χ2n) is 4.64. The lowest BCUT2D eigenvalue weighted by molar-refractivity contribution is -0.142. The zero-order valence-electron chi connectivity index (χ0n) is 10.2. The van der Waals surface area contributed by atoms with Crippen molar-refractivity contribution < 1.29 is 14.3 Å². The number of carbonyl (C=O) groups excluding carboxylic acids is 1. The summed E-state index contributed by atoms with van der Waals surface area (Å²) in [6.45, 7) is 6.40. The Bertz CT molecular complexity index is 346. The zero-order chi connectivity index (χ0) is 12.2. The second kappa shape index (κ2) is 5.01. The minimum atomic E-state index is -0.375. The maximum Gasteiger partial charge on any atom is 0.343 e. The first-order chi connectivity index (χ1) is 7.43. The van der Waals surface area contributed by atoms with Crippen LogP contribution >= 0.6 is 0 Å². The fraction of sp³-hybridized carbons (Fsp3) is 0.462. The van der Waals surface area contributed by atoms with Crippen LogP contribution in [0.1, 0.15) is 26.3 Å². The first-order valence-corrected chi connectivity index (χ1v) is 5.23. The standard InChI is InChI=1S/C13H18O3/c1-13(2,3)10-5-7-11(8-6-10)16-9-12(14)15-4/h5-8H,9H2,1-4H3. The summed E-state index contributed by atoms with van der Waals surface area (Å²) >= 11 is 0. The van der Waals surface area contributed by atoms with Gasteiger partial charge in [-0.3, -0.25) is 0 Å². The van der Waals surface area contributed by atoms with E-state index in [1.165, 1.54) is 12.7 Å². The number of hydrogen-bond acceptors (Lipinski definition) is 3. The summed E-state index contributed by atoms with van der Waals surface area (Å²) in [6, 6.07) is 7.74. The van der Waals surface area contributed by atoms with Crippen LogP contribution in [-0.4, -0.2) is 19.7 Å². The van der Waals surface area contributed by atoms with E-state index >= 15 is 0 Å². The normalized spacial score (nSPS) is 11.0. The molecule has 1 aromatic carbocycles. The molecule has 0 unspecified atom stereocenters. The van der Waals surface area contributed by atoms with Gasteiger partial charge in [-0.05, 0) is 23.1 Å². The molecular weight excluding hydrogens is 204 g/mol. The van der Waals surface area contributed by atoms with Crippen LogP contribution in [0, 0.1) is 0 Å². The number of methoxy groups -OCH3 is 1. The van der Waals surface area contributed by atoms with Gasteiger partial charge in [0.05, 0.1) is 7.11 Å². The van der Waals surface area contributed by atoms with Gasteiger partial charge in [-0.15, -0.1) is 0 Å². The molecule has 0 heterocycles. The van der Waals surface area contributed by atoms with Crippen molar-refractivity contribution in [2.45, 2.75) is 26.2 Å². The van der Waals surface area contributed by atoms with Crippen molar-refractivity contribution in [1.82, 2.24) is 0 Å². The Labute approximate surface area is 96.4 Å². The van der Waals surface area contributed by atoms with E-state index in [0.29, 0.717) is 5.75 Å². The number of hydrogen-bond donors (Lipinski definition) is 0. The average Bonchev–Trinajstić information content (AvgIpc) is 2.25. The molecule has 0 bridgehead atoms. The molecule has 0 aliphatic rings. The lowest BCUT2D eigenvalue weighted by Crippen LogP contribution is -2.13. The fourth-order valence-corrected chi connectivity index (χ4v) is 1.25. The molecule has 0 atom stereocenters. The van der Waals surface area contributed by atoms with Gasteiger partial charge in [0.1, 0.15) is 5.75 Å². The number of esters is 1. The molecule has 0 radical (unpaired) electrons. The molecule has 16 heavy (non-hydrogen) atoms. The zero-order valence-corrected chi connectivity index (χ0v) is 10.2. The van der Waals surface area contributed by atoms with Crippen molar-refractivity contribution in [2.75, 3.05) is 13.7 Å². The minimum absolute atomic E-state index is 0.0502. The Hall–Kier alpha value is -1.51. The van der Waals surface area contributed by atoms with Gasteiger partial charge in [0, 0.05) is 0 Å². The topological polar surface area (TPSA) is 35.5 Å². The molecule has 3 heteroatoms. The lowest BCUT2D eigenvalue weighted by atomic mass is 9.87. The lowest BCUT2D eigenvalue weighted by Gasteiger charge is -2.19. The molecule has 0 aliphatic carbocycles. The quantitative estimate of drug-likeness (QED) is 0.737. The Morgan fingerprint density at radius 1 is 1.19 bits per heavy atom. The van der Waals surface area contributed by atoms with Gasteiger partial charge in [0.2, 0.25) is 0 Å². The highest BCUT2D eigenvalue weighted by Crippen LogP contribution is 2.24. The van der Waals surface area contributed by atoms with E-state index in [4.69, 9.17) is 4.74 Å².